The number of hydrogen-bond donors (Lipinski definition) is 1. The van der Waals surface area contributed by atoms with Gasteiger partial charge in [0, 0.05) is 6.54 Å². The molecule has 0 bridgehead atoms. The van der Waals surface area contributed by atoms with E-state index in [9.17, 15) is 4.79 Å². The molecule has 0 heterocycles. The molecule has 112 valence electrons. The first kappa shape index (κ1) is 16.5. The van der Waals surface area contributed by atoms with Crippen LogP contribution in [0, 0.1) is 11.3 Å². The van der Waals surface area contributed by atoms with Gasteiger partial charge in [-0.3, -0.25) is 4.79 Å². The number of nitrogens with two attached hydrogens (primary N) is 1. The number of benzene rings is 1. The van der Waals surface area contributed by atoms with E-state index in [-0.39, 0.29) is 23.9 Å². The minimum absolute atomic E-state index is 0.0591. The van der Waals surface area contributed by atoms with Gasteiger partial charge >= 0.3 is 5.97 Å². The van der Waals surface area contributed by atoms with Crippen molar-refractivity contribution in [2.45, 2.75) is 27.2 Å². The fraction of sp³-hybridized carbons (Fsp3) is 0.562. The van der Waals surface area contributed by atoms with Crippen molar-refractivity contribution in [1.29, 1.82) is 0 Å². The number of hydrogen-bond acceptors (Lipinski definition) is 4. The van der Waals surface area contributed by atoms with E-state index in [4.69, 9.17) is 15.2 Å². The number of para-hydroxylation sites is 1. The van der Waals surface area contributed by atoms with Gasteiger partial charge in [0.25, 0.3) is 0 Å². The maximum Gasteiger partial charge on any atom is 0.310 e. The van der Waals surface area contributed by atoms with Crippen LogP contribution in [0.3, 0.4) is 0 Å². The molecule has 2 N–H and O–H groups in total. The maximum atomic E-state index is 11.9. The topological polar surface area (TPSA) is 61.6 Å². The average Bonchev–Trinajstić information content (AvgIpc) is 2.41. The molecule has 0 aliphatic heterocycles. The molecule has 0 spiro atoms. The van der Waals surface area contributed by atoms with Crippen LogP contribution in [0.2, 0.25) is 0 Å². The molecule has 20 heavy (non-hydrogen) atoms. The van der Waals surface area contributed by atoms with Crippen molar-refractivity contribution in [3.8, 4) is 5.75 Å². The lowest BCUT2D eigenvalue weighted by Crippen LogP contribution is -2.30. The van der Waals surface area contributed by atoms with Gasteiger partial charge in [-0.25, -0.2) is 0 Å². The predicted molar refractivity (Wildman–Crippen MR) is 79.5 cm³/mol. The van der Waals surface area contributed by atoms with Crippen LogP contribution in [0.25, 0.3) is 0 Å². The summed E-state index contributed by atoms with van der Waals surface area (Å²) in [6.45, 7) is 7.16. The van der Waals surface area contributed by atoms with E-state index >= 15 is 0 Å². The standard InChI is InChI=1S/C16H25NO3/c1-16(2,3)11-13(12-17)15(18)20-10-9-19-14-7-5-4-6-8-14/h4-8,13H,9-12,17H2,1-3H3. The SMILES string of the molecule is CC(C)(C)CC(CN)C(=O)OCCOc1ccccc1. The van der Waals surface area contributed by atoms with Gasteiger partial charge in [0.1, 0.15) is 19.0 Å². The molecule has 0 aliphatic carbocycles. The molecule has 4 heteroatoms. The Morgan fingerprint density at radius 1 is 1.20 bits per heavy atom. The zero-order chi connectivity index (χ0) is 15.0. The number of rotatable bonds is 7. The van der Waals surface area contributed by atoms with Gasteiger partial charge in [-0.05, 0) is 24.0 Å². The van der Waals surface area contributed by atoms with Crippen molar-refractivity contribution in [3.05, 3.63) is 30.3 Å². The van der Waals surface area contributed by atoms with Crippen molar-refractivity contribution in [1.82, 2.24) is 0 Å². The fourth-order valence-corrected chi connectivity index (χ4v) is 1.94. The smallest absolute Gasteiger partial charge is 0.310 e. The lowest BCUT2D eigenvalue weighted by atomic mass is 9.85. The molecule has 0 fully saturated rings. The Kier molecular flexibility index (Phi) is 6.52. The third-order valence-electron chi connectivity index (χ3n) is 2.82. The monoisotopic (exact) mass is 279 g/mol. The highest BCUT2D eigenvalue weighted by molar-refractivity contribution is 5.72. The number of carbonyl (C=O) groups is 1. The van der Waals surface area contributed by atoms with Crippen LogP contribution in [0.5, 0.6) is 5.75 Å². The Morgan fingerprint density at radius 2 is 1.85 bits per heavy atom. The molecule has 0 amide bonds. The second-order valence-electron chi connectivity index (χ2n) is 6.03. The lowest BCUT2D eigenvalue weighted by Gasteiger charge is -2.23. The zero-order valence-corrected chi connectivity index (χ0v) is 12.6. The maximum absolute atomic E-state index is 11.9. The second kappa shape index (κ2) is 7.90. The van der Waals surface area contributed by atoms with Crippen molar-refractivity contribution in [2.75, 3.05) is 19.8 Å². The van der Waals surface area contributed by atoms with E-state index in [1.807, 2.05) is 30.3 Å². The van der Waals surface area contributed by atoms with Gasteiger partial charge < -0.3 is 15.2 Å². The molecule has 0 saturated heterocycles. The van der Waals surface area contributed by atoms with Crippen molar-refractivity contribution in [3.63, 3.8) is 0 Å². The third-order valence-corrected chi connectivity index (χ3v) is 2.82. The van der Waals surface area contributed by atoms with Crippen molar-refractivity contribution in [2.24, 2.45) is 17.1 Å². The molecule has 0 radical (unpaired) electrons. The molecule has 1 aromatic carbocycles. The Bertz CT molecular complexity index is 398. The van der Waals surface area contributed by atoms with Gasteiger partial charge in [-0.1, -0.05) is 39.0 Å². The molecule has 0 aromatic heterocycles. The molecule has 1 unspecified atom stereocenters. The highest BCUT2D eigenvalue weighted by atomic mass is 16.6. The van der Waals surface area contributed by atoms with Crippen molar-refractivity contribution >= 4 is 5.97 Å². The second-order valence-corrected chi connectivity index (χ2v) is 6.03. The summed E-state index contributed by atoms with van der Waals surface area (Å²) in [5.41, 5.74) is 5.70. The molecule has 4 nitrogen and oxygen atoms in total. The molecule has 1 atom stereocenters. The first-order valence-electron chi connectivity index (χ1n) is 6.97. The first-order chi connectivity index (χ1) is 9.42. The fourth-order valence-electron chi connectivity index (χ4n) is 1.94. The van der Waals surface area contributed by atoms with Gasteiger partial charge in [0.2, 0.25) is 0 Å². The summed E-state index contributed by atoms with van der Waals surface area (Å²) >= 11 is 0. The van der Waals surface area contributed by atoms with Crippen LogP contribution < -0.4 is 10.5 Å². The van der Waals surface area contributed by atoms with Gasteiger partial charge in [-0.2, -0.15) is 0 Å². The van der Waals surface area contributed by atoms with E-state index in [1.165, 1.54) is 0 Å². The van der Waals surface area contributed by atoms with E-state index in [0.717, 1.165) is 12.2 Å². The van der Waals surface area contributed by atoms with Gasteiger partial charge in [0.05, 0.1) is 5.92 Å². The largest absolute Gasteiger partial charge is 0.490 e. The molecular weight excluding hydrogens is 254 g/mol. The number of ether oxygens (including phenoxy) is 2. The molecule has 1 rings (SSSR count). The summed E-state index contributed by atoms with van der Waals surface area (Å²) in [4.78, 5) is 11.9. The van der Waals surface area contributed by atoms with Crippen molar-refractivity contribution < 1.29 is 14.3 Å². The van der Waals surface area contributed by atoms with E-state index in [0.29, 0.717) is 13.2 Å². The highest BCUT2D eigenvalue weighted by Gasteiger charge is 2.24. The average molecular weight is 279 g/mol. The van der Waals surface area contributed by atoms with Crippen LogP contribution in [-0.4, -0.2) is 25.7 Å². The molecule has 1 aromatic rings. The summed E-state index contributed by atoms with van der Waals surface area (Å²) < 4.78 is 10.7. The normalized spacial score (nSPS) is 12.8. The van der Waals surface area contributed by atoms with E-state index in [1.54, 1.807) is 0 Å². The Labute approximate surface area is 121 Å². The molecular formula is C16H25NO3. The third kappa shape index (κ3) is 6.57. The highest BCUT2D eigenvalue weighted by Crippen LogP contribution is 2.24. The summed E-state index contributed by atoms with van der Waals surface area (Å²) in [5, 5.41) is 0. The summed E-state index contributed by atoms with van der Waals surface area (Å²) in [7, 11) is 0. The summed E-state index contributed by atoms with van der Waals surface area (Å²) in [6.07, 6.45) is 0.724. The van der Waals surface area contributed by atoms with Gasteiger partial charge in [0.15, 0.2) is 0 Å². The summed E-state index contributed by atoms with van der Waals surface area (Å²) in [6, 6.07) is 9.45. The van der Waals surface area contributed by atoms with Crippen LogP contribution in [-0.2, 0) is 9.53 Å². The van der Waals surface area contributed by atoms with E-state index in [2.05, 4.69) is 20.8 Å². The Balaban J connectivity index is 2.28. The minimum atomic E-state index is -0.244. The predicted octanol–water partition coefficient (Wildman–Crippen LogP) is 2.62. The van der Waals surface area contributed by atoms with E-state index < -0.39 is 0 Å². The molecule has 0 saturated carbocycles. The lowest BCUT2D eigenvalue weighted by molar-refractivity contribution is -0.150. The minimum Gasteiger partial charge on any atom is -0.490 e. The molecule has 0 aliphatic rings. The van der Waals surface area contributed by atoms with Crippen LogP contribution in [0.15, 0.2) is 30.3 Å². The quantitative estimate of drug-likeness (QED) is 0.615. The Hall–Kier alpha value is -1.55. The first-order valence-corrected chi connectivity index (χ1v) is 6.97. The van der Waals surface area contributed by atoms with Crippen LogP contribution >= 0.6 is 0 Å². The zero-order valence-electron chi connectivity index (χ0n) is 12.6. The number of carbonyl (C=O) groups excluding carboxylic acids is 1. The number of esters is 1. The Morgan fingerprint density at radius 3 is 2.40 bits per heavy atom. The summed E-state index contributed by atoms with van der Waals surface area (Å²) in [5.74, 6) is 0.291. The van der Waals surface area contributed by atoms with Crippen LogP contribution in [0.4, 0.5) is 0 Å². The van der Waals surface area contributed by atoms with Crippen LogP contribution in [0.1, 0.15) is 27.2 Å². The van der Waals surface area contributed by atoms with Gasteiger partial charge in [-0.15, -0.1) is 0 Å².